The van der Waals surface area contributed by atoms with E-state index in [1.165, 1.54) is 17.8 Å². The summed E-state index contributed by atoms with van der Waals surface area (Å²) >= 11 is 1.30. The van der Waals surface area contributed by atoms with Crippen molar-refractivity contribution in [2.45, 2.75) is 9.79 Å². The van der Waals surface area contributed by atoms with Gasteiger partial charge in [0.1, 0.15) is 12.2 Å². The first-order chi connectivity index (χ1) is 16.7. The van der Waals surface area contributed by atoms with Gasteiger partial charge in [0.15, 0.2) is 5.84 Å². The standard InChI is InChI=1S/C23H22FN9S/c24-19-3-1-2-4-21(19)34-18-13-27-23(28-14-18)33-7-5-32(6-8-33)22(29-15-25)20-9-16(10-26-20)17-11-30-31-12-17/h1-4,9-15,25-26H,5-8H2,(H,30,31)/b25-15?,29-22+. The number of hydrogen-bond acceptors (Lipinski definition) is 6. The predicted molar refractivity (Wildman–Crippen MR) is 130 cm³/mol. The minimum Gasteiger partial charge on any atom is -0.358 e. The van der Waals surface area contributed by atoms with Gasteiger partial charge in [0.25, 0.3) is 0 Å². The number of nitrogens with one attached hydrogen (secondary N) is 3. The van der Waals surface area contributed by atoms with E-state index in [1.54, 1.807) is 30.7 Å². The summed E-state index contributed by atoms with van der Waals surface area (Å²) < 4.78 is 13.9. The molecule has 1 aromatic carbocycles. The normalized spacial score (nSPS) is 14.4. The van der Waals surface area contributed by atoms with Crippen LogP contribution in [0.4, 0.5) is 10.3 Å². The van der Waals surface area contributed by atoms with Crippen molar-refractivity contribution in [3.8, 4) is 11.1 Å². The van der Waals surface area contributed by atoms with Crippen LogP contribution in [0, 0.1) is 11.2 Å². The molecule has 1 saturated heterocycles. The molecule has 0 unspecified atom stereocenters. The van der Waals surface area contributed by atoms with Gasteiger partial charge in [-0.25, -0.2) is 19.4 Å². The van der Waals surface area contributed by atoms with Crippen LogP contribution in [0.15, 0.2) is 76.1 Å². The van der Waals surface area contributed by atoms with Crippen LogP contribution in [0.1, 0.15) is 5.69 Å². The number of halogens is 1. The zero-order chi connectivity index (χ0) is 23.3. The maximum absolute atomic E-state index is 13.9. The van der Waals surface area contributed by atoms with Gasteiger partial charge in [-0.15, -0.1) is 0 Å². The minimum atomic E-state index is -0.256. The molecule has 3 N–H and O–H groups in total. The molecule has 1 aliphatic rings. The lowest BCUT2D eigenvalue weighted by atomic mass is 10.2. The molecule has 0 saturated carbocycles. The molecular weight excluding hydrogens is 453 g/mol. The van der Waals surface area contributed by atoms with Crippen LogP contribution >= 0.6 is 11.8 Å². The molecule has 3 aromatic heterocycles. The highest BCUT2D eigenvalue weighted by Gasteiger charge is 2.23. The zero-order valence-electron chi connectivity index (χ0n) is 18.1. The van der Waals surface area contributed by atoms with Crippen molar-refractivity contribution in [3.63, 3.8) is 0 Å². The number of aliphatic imine (C=N–C) groups is 1. The van der Waals surface area contributed by atoms with E-state index in [0.717, 1.165) is 33.9 Å². The fourth-order valence-electron chi connectivity index (χ4n) is 3.78. The summed E-state index contributed by atoms with van der Waals surface area (Å²) in [5.41, 5.74) is 2.83. The molecule has 0 spiro atoms. The fourth-order valence-corrected chi connectivity index (χ4v) is 4.56. The third kappa shape index (κ3) is 4.69. The van der Waals surface area contributed by atoms with Crippen molar-refractivity contribution in [1.29, 1.82) is 5.41 Å². The Labute approximate surface area is 199 Å². The Bertz CT molecular complexity index is 1280. The van der Waals surface area contributed by atoms with E-state index in [2.05, 4.69) is 39.9 Å². The van der Waals surface area contributed by atoms with Crippen molar-refractivity contribution in [3.05, 3.63) is 72.8 Å². The number of piperazine rings is 1. The Hall–Kier alpha value is -3.99. The second-order valence-electron chi connectivity index (χ2n) is 7.60. The number of aromatic nitrogens is 5. The van der Waals surface area contributed by atoms with E-state index in [0.29, 0.717) is 37.0 Å². The molecule has 0 aliphatic carbocycles. The fraction of sp³-hybridized carbons (Fsp3) is 0.174. The SMILES string of the molecule is N=C/N=C(\c1cc(-c2cn[nH]c2)c[nH]1)N1CCN(c2ncc(Sc3ccccc3F)cn2)CC1. The van der Waals surface area contributed by atoms with E-state index in [1.807, 2.05) is 24.5 Å². The average Bonchev–Trinajstić information content (AvgIpc) is 3.57. The third-order valence-electron chi connectivity index (χ3n) is 5.48. The quantitative estimate of drug-likeness (QED) is 0.290. The molecule has 0 radical (unpaired) electrons. The van der Waals surface area contributed by atoms with Crippen LogP contribution in [-0.4, -0.2) is 68.4 Å². The zero-order valence-corrected chi connectivity index (χ0v) is 19.0. The van der Waals surface area contributed by atoms with E-state index in [4.69, 9.17) is 5.41 Å². The van der Waals surface area contributed by atoms with E-state index < -0.39 is 0 Å². The first kappa shape index (κ1) is 21.8. The van der Waals surface area contributed by atoms with Crippen molar-refractivity contribution in [2.75, 3.05) is 31.1 Å². The summed E-state index contributed by atoms with van der Waals surface area (Å²) in [4.78, 5) is 22.2. The number of benzene rings is 1. The predicted octanol–water partition coefficient (Wildman–Crippen LogP) is 3.66. The van der Waals surface area contributed by atoms with Crippen LogP contribution < -0.4 is 4.90 Å². The molecule has 34 heavy (non-hydrogen) atoms. The second kappa shape index (κ2) is 9.87. The Morgan fingerprint density at radius 3 is 2.56 bits per heavy atom. The molecule has 0 atom stereocenters. The first-order valence-electron chi connectivity index (χ1n) is 10.7. The highest BCUT2D eigenvalue weighted by Crippen LogP contribution is 2.29. The van der Waals surface area contributed by atoms with Crippen LogP contribution in [-0.2, 0) is 0 Å². The second-order valence-corrected chi connectivity index (χ2v) is 8.71. The van der Waals surface area contributed by atoms with Gasteiger partial charge < -0.3 is 14.8 Å². The van der Waals surface area contributed by atoms with Gasteiger partial charge in [0.2, 0.25) is 5.95 Å². The van der Waals surface area contributed by atoms with Gasteiger partial charge in [-0.2, -0.15) is 5.10 Å². The van der Waals surface area contributed by atoms with Gasteiger partial charge in [-0.05, 0) is 18.2 Å². The number of amidine groups is 1. The van der Waals surface area contributed by atoms with Crippen molar-refractivity contribution < 1.29 is 4.39 Å². The van der Waals surface area contributed by atoms with E-state index in [9.17, 15) is 4.39 Å². The number of aromatic amines is 2. The molecular formula is C23H22FN9S. The number of rotatable bonds is 6. The summed E-state index contributed by atoms with van der Waals surface area (Å²) in [7, 11) is 0. The van der Waals surface area contributed by atoms with E-state index in [-0.39, 0.29) is 5.82 Å². The van der Waals surface area contributed by atoms with Crippen LogP contribution in [0.2, 0.25) is 0 Å². The lowest BCUT2D eigenvalue weighted by Gasteiger charge is -2.36. The topological polar surface area (TPSA) is 113 Å². The summed E-state index contributed by atoms with van der Waals surface area (Å²) in [6, 6.07) is 8.67. The molecule has 1 fully saturated rings. The highest BCUT2D eigenvalue weighted by molar-refractivity contribution is 7.99. The van der Waals surface area contributed by atoms with Gasteiger partial charge in [0.05, 0.1) is 11.9 Å². The molecule has 5 rings (SSSR count). The Kier molecular flexibility index (Phi) is 6.34. The number of H-pyrrole nitrogens is 2. The number of anilines is 1. The molecule has 9 nitrogen and oxygen atoms in total. The molecule has 0 amide bonds. The van der Waals surface area contributed by atoms with Crippen molar-refractivity contribution in [2.24, 2.45) is 4.99 Å². The van der Waals surface area contributed by atoms with Crippen LogP contribution in [0.5, 0.6) is 0 Å². The maximum Gasteiger partial charge on any atom is 0.225 e. The Morgan fingerprint density at radius 2 is 1.85 bits per heavy atom. The largest absolute Gasteiger partial charge is 0.358 e. The number of hydrogen-bond donors (Lipinski definition) is 3. The van der Waals surface area contributed by atoms with Gasteiger partial charge in [-0.3, -0.25) is 10.5 Å². The minimum absolute atomic E-state index is 0.256. The molecule has 0 bridgehead atoms. The molecule has 172 valence electrons. The van der Waals surface area contributed by atoms with Crippen molar-refractivity contribution >= 4 is 29.9 Å². The molecule has 11 heteroatoms. The lowest BCUT2D eigenvalue weighted by Crippen LogP contribution is -2.49. The first-order valence-corrected chi connectivity index (χ1v) is 11.5. The summed E-state index contributed by atoms with van der Waals surface area (Å²) in [5, 5.41) is 14.3. The highest BCUT2D eigenvalue weighted by atomic mass is 32.2. The molecule has 4 aromatic rings. The van der Waals surface area contributed by atoms with Gasteiger partial charge in [0, 0.05) is 71.9 Å². The van der Waals surface area contributed by atoms with Crippen molar-refractivity contribution in [1.82, 2.24) is 30.0 Å². The van der Waals surface area contributed by atoms with Gasteiger partial charge in [-0.1, -0.05) is 23.9 Å². The monoisotopic (exact) mass is 475 g/mol. The number of nitrogens with zero attached hydrogens (tertiary/aromatic N) is 6. The molecule has 4 heterocycles. The van der Waals surface area contributed by atoms with Crippen LogP contribution in [0.25, 0.3) is 11.1 Å². The van der Waals surface area contributed by atoms with Crippen LogP contribution in [0.3, 0.4) is 0 Å². The average molecular weight is 476 g/mol. The summed E-state index contributed by atoms with van der Waals surface area (Å²) in [6.45, 7) is 2.85. The third-order valence-corrected chi connectivity index (χ3v) is 6.48. The Morgan fingerprint density at radius 1 is 1.06 bits per heavy atom. The smallest absolute Gasteiger partial charge is 0.225 e. The summed E-state index contributed by atoms with van der Waals surface area (Å²) in [6.07, 6.45) is 10.0. The van der Waals surface area contributed by atoms with E-state index >= 15 is 0 Å². The van der Waals surface area contributed by atoms with Gasteiger partial charge >= 0.3 is 0 Å². The summed E-state index contributed by atoms with van der Waals surface area (Å²) in [5.74, 6) is 1.11. The maximum atomic E-state index is 13.9. The Balaban J connectivity index is 1.23. The molecule has 1 aliphatic heterocycles. The lowest BCUT2D eigenvalue weighted by molar-refractivity contribution is 0.383.